The van der Waals surface area contributed by atoms with Crippen molar-refractivity contribution in [3.63, 3.8) is 0 Å². The van der Waals surface area contributed by atoms with E-state index < -0.39 is 23.4 Å². The van der Waals surface area contributed by atoms with Crippen molar-refractivity contribution in [2.45, 2.75) is 32.5 Å². The molecule has 0 aliphatic rings. The standard InChI is InChI=1S/C14H17BF3NO3/c1-13(2,3)22-12(20)19-6-7-21-11-5-4-9(8-10(11)15)14(16,17)18/h4-5,8H,6-7H2,1-3H3,(H,19,20). The van der Waals surface area contributed by atoms with Crippen LogP contribution in [-0.2, 0) is 10.9 Å². The molecule has 1 rings (SSSR count). The van der Waals surface area contributed by atoms with E-state index in [1.54, 1.807) is 20.8 Å². The second-order valence-corrected chi connectivity index (χ2v) is 5.53. The molecule has 120 valence electrons. The Labute approximate surface area is 128 Å². The van der Waals surface area contributed by atoms with Crippen LogP contribution in [0.15, 0.2) is 18.2 Å². The molecular weight excluding hydrogens is 298 g/mol. The van der Waals surface area contributed by atoms with Crippen molar-refractivity contribution in [1.29, 1.82) is 0 Å². The Bertz CT molecular complexity index is 527. The first-order valence-corrected chi connectivity index (χ1v) is 6.55. The third-order valence-electron chi connectivity index (χ3n) is 2.36. The van der Waals surface area contributed by atoms with Gasteiger partial charge in [0.2, 0.25) is 0 Å². The minimum absolute atomic E-state index is 0.0504. The van der Waals surface area contributed by atoms with Crippen LogP contribution in [0.25, 0.3) is 0 Å². The number of carbonyl (C=O) groups is 1. The molecule has 0 saturated carbocycles. The molecule has 1 N–H and O–H groups in total. The van der Waals surface area contributed by atoms with Gasteiger partial charge >= 0.3 is 12.3 Å². The second kappa shape index (κ2) is 6.94. The zero-order valence-corrected chi connectivity index (χ0v) is 12.6. The Balaban J connectivity index is 2.45. The molecule has 0 heterocycles. The SMILES string of the molecule is [B]c1cc(C(F)(F)F)ccc1OCCNC(=O)OC(C)(C)C. The summed E-state index contributed by atoms with van der Waals surface area (Å²) in [6, 6.07) is 2.83. The smallest absolute Gasteiger partial charge is 0.416 e. The summed E-state index contributed by atoms with van der Waals surface area (Å²) < 4.78 is 47.7. The zero-order valence-electron chi connectivity index (χ0n) is 12.6. The van der Waals surface area contributed by atoms with Gasteiger partial charge < -0.3 is 14.8 Å². The maximum absolute atomic E-state index is 12.5. The van der Waals surface area contributed by atoms with Crippen molar-refractivity contribution in [3.8, 4) is 5.75 Å². The molecule has 0 aliphatic carbocycles. The van der Waals surface area contributed by atoms with E-state index in [4.69, 9.17) is 17.3 Å². The van der Waals surface area contributed by atoms with Gasteiger partial charge in [0.25, 0.3) is 0 Å². The van der Waals surface area contributed by atoms with Crippen LogP contribution < -0.4 is 15.5 Å². The van der Waals surface area contributed by atoms with Gasteiger partial charge in [0, 0.05) is 0 Å². The monoisotopic (exact) mass is 315 g/mol. The van der Waals surface area contributed by atoms with Gasteiger partial charge in [-0.3, -0.25) is 0 Å². The summed E-state index contributed by atoms with van der Waals surface area (Å²) in [5, 5.41) is 2.46. The first kappa shape index (κ1) is 18.2. The van der Waals surface area contributed by atoms with Crippen molar-refractivity contribution in [2.24, 2.45) is 0 Å². The van der Waals surface area contributed by atoms with Gasteiger partial charge in [0.05, 0.1) is 12.1 Å². The van der Waals surface area contributed by atoms with Crippen molar-refractivity contribution < 1.29 is 27.4 Å². The maximum Gasteiger partial charge on any atom is 0.416 e. The molecule has 0 atom stereocenters. The predicted octanol–water partition coefficient (Wildman–Crippen LogP) is 2.40. The van der Waals surface area contributed by atoms with Crippen LogP contribution in [0, 0.1) is 0 Å². The highest BCUT2D eigenvalue weighted by molar-refractivity contribution is 6.34. The van der Waals surface area contributed by atoms with Crippen molar-refractivity contribution in [2.75, 3.05) is 13.2 Å². The number of nitrogens with one attached hydrogen (secondary N) is 1. The van der Waals surface area contributed by atoms with Gasteiger partial charge in [-0.15, -0.1) is 0 Å². The lowest BCUT2D eigenvalue weighted by Crippen LogP contribution is -2.34. The largest absolute Gasteiger partial charge is 0.492 e. The lowest BCUT2D eigenvalue weighted by Gasteiger charge is -2.19. The molecule has 22 heavy (non-hydrogen) atoms. The van der Waals surface area contributed by atoms with Crippen LogP contribution in [0.3, 0.4) is 0 Å². The molecule has 1 aromatic rings. The topological polar surface area (TPSA) is 47.6 Å². The fourth-order valence-electron chi connectivity index (χ4n) is 1.48. The predicted molar refractivity (Wildman–Crippen MR) is 76.6 cm³/mol. The number of halogens is 3. The highest BCUT2D eigenvalue weighted by Crippen LogP contribution is 2.29. The lowest BCUT2D eigenvalue weighted by atomic mass is 9.93. The molecular formula is C14H17BF3NO3. The van der Waals surface area contributed by atoms with Crippen LogP contribution in [0.4, 0.5) is 18.0 Å². The van der Waals surface area contributed by atoms with E-state index in [0.717, 1.165) is 18.2 Å². The maximum atomic E-state index is 12.5. The molecule has 0 aliphatic heterocycles. The minimum atomic E-state index is -4.45. The van der Waals surface area contributed by atoms with E-state index in [0.29, 0.717) is 0 Å². The molecule has 4 nitrogen and oxygen atoms in total. The first-order chi connectivity index (χ1) is 9.99. The summed E-state index contributed by atoms with van der Waals surface area (Å²) in [4.78, 5) is 11.4. The van der Waals surface area contributed by atoms with Crippen LogP contribution >= 0.6 is 0 Å². The minimum Gasteiger partial charge on any atom is -0.492 e. The van der Waals surface area contributed by atoms with Gasteiger partial charge in [-0.1, -0.05) is 11.5 Å². The van der Waals surface area contributed by atoms with Crippen LogP contribution in [0.5, 0.6) is 5.75 Å². The summed E-state index contributed by atoms with van der Waals surface area (Å²) in [5.41, 5.74) is -1.57. The van der Waals surface area contributed by atoms with Crippen LogP contribution in [0.1, 0.15) is 26.3 Å². The van der Waals surface area contributed by atoms with E-state index in [1.165, 1.54) is 0 Å². The summed E-state index contributed by atoms with van der Waals surface area (Å²) in [5.74, 6) is 0.124. The van der Waals surface area contributed by atoms with Crippen molar-refractivity contribution >= 4 is 19.4 Å². The number of ether oxygens (including phenoxy) is 2. The summed E-state index contributed by atoms with van der Waals surface area (Å²) in [6.45, 7) is 5.37. The van der Waals surface area contributed by atoms with E-state index in [-0.39, 0.29) is 24.4 Å². The summed E-state index contributed by atoms with van der Waals surface area (Å²) in [7, 11) is 5.51. The number of hydrogen-bond donors (Lipinski definition) is 1. The number of hydrogen-bond acceptors (Lipinski definition) is 3. The number of benzene rings is 1. The number of amides is 1. The number of alkyl halides is 3. The van der Waals surface area contributed by atoms with Gasteiger partial charge in [0.1, 0.15) is 25.8 Å². The summed E-state index contributed by atoms with van der Waals surface area (Å²) in [6.07, 6.45) is -5.05. The number of carbonyl (C=O) groups excluding carboxylic acids is 1. The van der Waals surface area contributed by atoms with Gasteiger partial charge in [0.15, 0.2) is 0 Å². The molecule has 8 heteroatoms. The quantitative estimate of drug-likeness (QED) is 0.686. The van der Waals surface area contributed by atoms with Gasteiger partial charge in [-0.05, 0) is 32.9 Å². The van der Waals surface area contributed by atoms with Gasteiger partial charge in [-0.25, -0.2) is 4.79 Å². The molecule has 2 radical (unpaired) electrons. The highest BCUT2D eigenvalue weighted by atomic mass is 19.4. The summed E-state index contributed by atoms with van der Waals surface area (Å²) >= 11 is 0. The molecule has 0 fully saturated rings. The zero-order chi connectivity index (χ0) is 17.0. The highest BCUT2D eigenvalue weighted by Gasteiger charge is 2.30. The fraction of sp³-hybridized carbons (Fsp3) is 0.500. The molecule has 0 aromatic heterocycles. The second-order valence-electron chi connectivity index (χ2n) is 5.53. The molecule has 0 saturated heterocycles. The average Bonchev–Trinajstić information content (AvgIpc) is 2.32. The normalized spacial score (nSPS) is 11.9. The number of rotatable bonds is 4. The first-order valence-electron chi connectivity index (χ1n) is 6.55. The Morgan fingerprint density at radius 3 is 2.41 bits per heavy atom. The molecule has 1 amide bonds. The Kier molecular flexibility index (Phi) is 5.74. The van der Waals surface area contributed by atoms with E-state index in [9.17, 15) is 18.0 Å². The Morgan fingerprint density at radius 2 is 1.91 bits per heavy atom. The fourth-order valence-corrected chi connectivity index (χ4v) is 1.48. The van der Waals surface area contributed by atoms with Crippen LogP contribution in [-0.4, -0.2) is 32.7 Å². The van der Waals surface area contributed by atoms with Crippen molar-refractivity contribution in [1.82, 2.24) is 5.32 Å². The third kappa shape index (κ3) is 6.28. The lowest BCUT2D eigenvalue weighted by molar-refractivity contribution is -0.137. The molecule has 1 aromatic carbocycles. The third-order valence-corrected chi connectivity index (χ3v) is 2.36. The van der Waals surface area contributed by atoms with E-state index in [1.807, 2.05) is 0 Å². The molecule has 0 spiro atoms. The van der Waals surface area contributed by atoms with Crippen LogP contribution in [0.2, 0.25) is 0 Å². The Hall–Kier alpha value is -1.86. The molecule has 0 unspecified atom stereocenters. The number of alkyl carbamates (subject to hydrolysis) is 1. The Morgan fingerprint density at radius 1 is 1.27 bits per heavy atom. The van der Waals surface area contributed by atoms with E-state index >= 15 is 0 Å². The molecule has 0 bridgehead atoms. The average molecular weight is 315 g/mol. The van der Waals surface area contributed by atoms with Crippen molar-refractivity contribution in [3.05, 3.63) is 23.8 Å². The van der Waals surface area contributed by atoms with Gasteiger partial charge in [-0.2, -0.15) is 13.2 Å². The van der Waals surface area contributed by atoms with E-state index in [2.05, 4.69) is 5.32 Å².